The second-order valence-electron chi connectivity index (χ2n) is 4.97. The normalized spacial score (nSPS) is 23.9. The van der Waals surface area contributed by atoms with Gasteiger partial charge in [0.25, 0.3) is 0 Å². The van der Waals surface area contributed by atoms with Crippen molar-refractivity contribution in [3.63, 3.8) is 0 Å². The minimum absolute atomic E-state index is 0.0994. The predicted molar refractivity (Wildman–Crippen MR) is 73.0 cm³/mol. The third-order valence-corrected chi connectivity index (χ3v) is 3.51. The Bertz CT molecular complexity index is 583. The van der Waals surface area contributed by atoms with Crippen LogP contribution in [-0.2, 0) is 9.59 Å². The van der Waals surface area contributed by atoms with Gasteiger partial charge in [-0.15, -0.1) is 0 Å². The van der Waals surface area contributed by atoms with Crippen LogP contribution in [0, 0.1) is 5.92 Å². The zero-order chi connectivity index (χ0) is 16.3. The molecule has 22 heavy (non-hydrogen) atoms. The first-order valence-electron chi connectivity index (χ1n) is 6.56. The van der Waals surface area contributed by atoms with Crippen LogP contribution < -0.4 is 10.1 Å². The van der Waals surface area contributed by atoms with Gasteiger partial charge in [0, 0.05) is 12.5 Å². The van der Waals surface area contributed by atoms with Crippen LogP contribution in [0.25, 0.3) is 0 Å². The summed E-state index contributed by atoms with van der Waals surface area (Å²) in [6, 6.07) is 4.64. The van der Waals surface area contributed by atoms with Gasteiger partial charge in [-0.25, -0.2) is 4.79 Å². The number of aromatic carboxylic acids is 1. The molecule has 1 aromatic carbocycles. The van der Waals surface area contributed by atoms with Gasteiger partial charge in [-0.05, 0) is 24.3 Å². The molecule has 1 aliphatic heterocycles. The number of rotatable bonds is 6. The van der Waals surface area contributed by atoms with Gasteiger partial charge >= 0.3 is 17.9 Å². The minimum atomic E-state index is -1.13. The Kier molecular flexibility index (Phi) is 4.62. The van der Waals surface area contributed by atoms with Gasteiger partial charge in [0.2, 0.25) is 0 Å². The summed E-state index contributed by atoms with van der Waals surface area (Å²) in [5.41, 5.74) is 0.0994. The van der Waals surface area contributed by atoms with E-state index in [1.807, 2.05) is 0 Å². The first-order chi connectivity index (χ1) is 10.4. The van der Waals surface area contributed by atoms with E-state index in [2.05, 4.69) is 5.32 Å². The van der Waals surface area contributed by atoms with Crippen LogP contribution in [0.3, 0.4) is 0 Å². The summed E-state index contributed by atoms with van der Waals surface area (Å²) >= 11 is 0. The molecule has 3 atom stereocenters. The molecule has 1 aromatic rings. The van der Waals surface area contributed by atoms with E-state index in [-0.39, 0.29) is 18.5 Å². The number of nitrogens with one attached hydrogen (secondary N) is 1. The molecule has 0 unspecified atom stereocenters. The Balaban J connectivity index is 2.11. The molecule has 0 radical (unpaired) electrons. The maximum atomic E-state index is 11.1. The summed E-state index contributed by atoms with van der Waals surface area (Å²) in [7, 11) is 0. The van der Waals surface area contributed by atoms with Gasteiger partial charge in [0.1, 0.15) is 17.9 Å². The molecule has 4 N–H and O–H groups in total. The van der Waals surface area contributed by atoms with Gasteiger partial charge < -0.3 is 25.4 Å². The lowest BCUT2D eigenvalue weighted by atomic mass is 9.94. The van der Waals surface area contributed by atoms with E-state index >= 15 is 0 Å². The number of carbonyl (C=O) groups is 3. The number of benzene rings is 1. The Morgan fingerprint density at radius 1 is 1.14 bits per heavy atom. The van der Waals surface area contributed by atoms with Crippen molar-refractivity contribution in [1.29, 1.82) is 0 Å². The molecule has 2 rings (SSSR count). The standard InChI is InChI=1S/C14H15NO7/c16-11(17)5-9-10(6-15-12(9)14(20)21)22-8-3-1-7(2-4-8)13(18)19/h1-4,9-10,12,15H,5-6H2,(H,16,17)(H,18,19)(H,20,21)/t9-,10-,12-/m0/s1. The van der Waals surface area contributed by atoms with Gasteiger partial charge in [-0.1, -0.05) is 0 Å². The summed E-state index contributed by atoms with van der Waals surface area (Å²) in [6.45, 7) is 0.204. The van der Waals surface area contributed by atoms with Crippen molar-refractivity contribution in [2.24, 2.45) is 5.92 Å². The zero-order valence-electron chi connectivity index (χ0n) is 11.4. The molecule has 0 aliphatic carbocycles. The molecule has 0 spiro atoms. The molecule has 1 saturated heterocycles. The molecule has 0 amide bonds. The lowest BCUT2D eigenvalue weighted by molar-refractivity contribution is -0.142. The average molecular weight is 309 g/mol. The molecule has 1 fully saturated rings. The summed E-state index contributed by atoms with van der Waals surface area (Å²) in [5.74, 6) is -3.65. The monoisotopic (exact) mass is 309 g/mol. The van der Waals surface area contributed by atoms with Gasteiger partial charge in [0.15, 0.2) is 0 Å². The highest BCUT2D eigenvalue weighted by molar-refractivity contribution is 5.87. The summed E-state index contributed by atoms with van der Waals surface area (Å²) in [6.07, 6.45) is -0.949. The van der Waals surface area contributed by atoms with Crippen LogP contribution in [0.15, 0.2) is 24.3 Å². The summed E-state index contributed by atoms with van der Waals surface area (Å²) < 4.78 is 5.62. The Labute approximate surface area is 125 Å². The second-order valence-corrected chi connectivity index (χ2v) is 4.97. The topological polar surface area (TPSA) is 133 Å². The van der Waals surface area contributed by atoms with Crippen molar-refractivity contribution >= 4 is 17.9 Å². The largest absolute Gasteiger partial charge is 0.489 e. The number of hydrogen-bond acceptors (Lipinski definition) is 5. The highest BCUT2D eigenvalue weighted by Gasteiger charge is 2.42. The van der Waals surface area contributed by atoms with Crippen LogP contribution in [0.5, 0.6) is 5.75 Å². The lowest BCUT2D eigenvalue weighted by Crippen LogP contribution is -2.38. The van der Waals surface area contributed by atoms with E-state index in [0.29, 0.717) is 5.75 Å². The SMILES string of the molecule is O=C(O)C[C@H]1[C@@H](Oc2ccc(C(=O)O)cc2)CN[C@@H]1C(=O)O. The van der Waals surface area contributed by atoms with Crippen molar-refractivity contribution < 1.29 is 34.4 Å². The molecule has 8 heteroatoms. The van der Waals surface area contributed by atoms with E-state index < -0.39 is 36.0 Å². The second kappa shape index (κ2) is 6.44. The third-order valence-electron chi connectivity index (χ3n) is 3.51. The van der Waals surface area contributed by atoms with Crippen molar-refractivity contribution in [2.45, 2.75) is 18.6 Å². The van der Waals surface area contributed by atoms with E-state index in [1.54, 1.807) is 0 Å². The molecule has 1 heterocycles. The Hall–Kier alpha value is -2.61. The van der Waals surface area contributed by atoms with Crippen LogP contribution in [-0.4, -0.2) is 51.9 Å². The van der Waals surface area contributed by atoms with Crippen LogP contribution >= 0.6 is 0 Å². The average Bonchev–Trinajstić information content (AvgIpc) is 2.82. The van der Waals surface area contributed by atoms with E-state index in [0.717, 1.165) is 0 Å². The van der Waals surface area contributed by atoms with E-state index in [9.17, 15) is 14.4 Å². The number of carboxylic acids is 3. The first kappa shape index (κ1) is 15.8. The van der Waals surface area contributed by atoms with Crippen LogP contribution in [0.4, 0.5) is 0 Å². The maximum absolute atomic E-state index is 11.1. The van der Waals surface area contributed by atoms with Gasteiger partial charge in [-0.3, -0.25) is 9.59 Å². The Morgan fingerprint density at radius 2 is 1.77 bits per heavy atom. The predicted octanol–water partition coefficient (Wildman–Crippen LogP) is 0.280. The molecule has 118 valence electrons. The molecule has 1 aliphatic rings. The molecular formula is C14H15NO7. The number of aliphatic carboxylic acids is 2. The first-order valence-corrected chi connectivity index (χ1v) is 6.56. The van der Waals surface area contributed by atoms with Gasteiger partial charge in [-0.2, -0.15) is 0 Å². The molecular weight excluding hydrogens is 294 g/mol. The lowest BCUT2D eigenvalue weighted by Gasteiger charge is -2.21. The number of ether oxygens (including phenoxy) is 1. The zero-order valence-corrected chi connectivity index (χ0v) is 11.4. The maximum Gasteiger partial charge on any atom is 0.335 e. The molecule has 0 bridgehead atoms. The van der Waals surface area contributed by atoms with Crippen LogP contribution in [0.2, 0.25) is 0 Å². The van der Waals surface area contributed by atoms with E-state index in [1.165, 1.54) is 24.3 Å². The fourth-order valence-corrected chi connectivity index (χ4v) is 2.46. The fraction of sp³-hybridized carbons (Fsp3) is 0.357. The van der Waals surface area contributed by atoms with Crippen molar-refractivity contribution in [3.05, 3.63) is 29.8 Å². The molecule has 0 aromatic heterocycles. The Morgan fingerprint density at radius 3 is 2.27 bits per heavy atom. The minimum Gasteiger partial charge on any atom is -0.489 e. The van der Waals surface area contributed by atoms with Crippen molar-refractivity contribution in [3.8, 4) is 5.75 Å². The molecule has 8 nitrogen and oxygen atoms in total. The van der Waals surface area contributed by atoms with E-state index in [4.69, 9.17) is 20.1 Å². The van der Waals surface area contributed by atoms with Crippen molar-refractivity contribution in [2.75, 3.05) is 6.54 Å². The quantitative estimate of drug-likeness (QED) is 0.589. The third kappa shape index (κ3) is 3.53. The summed E-state index contributed by atoms with van der Waals surface area (Å²) in [4.78, 5) is 32.8. The summed E-state index contributed by atoms with van der Waals surface area (Å²) in [5, 5.41) is 29.6. The van der Waals surface area contributed by atoms with Crippen LogP contribution in [0.1, 0.15) is 16.8 Å². The van der Waals surface area contributed by atoms with Crippen molar-refractivity contribution in [1.82, 2.24) is 5.32 Å². The fourth-order valence-electron chi connectivity index (χ4n) is 2.46. The number of carboxylic acid groups (broad SMARTS) is 3. The highest BCUT2D eigenvalue weighted by Crippen LogP contribution is 2.25. The smallest absolute Gasteiger partial charge is 0.335 e. The molecule has 0 saturated carbocycles. The highest BCUT2D eigenvalue weighted by atomic mass is 16.5. The van der Waals surface area contributed by atoms with Gasteiger partial charge in [0.05, 0.1) is 12.0 Å². The number of hydrogen-bond donors (Lipinski definition) is 4.